The van der Waals surface area contributed by atoms with E-state index in [1.807, 2.05) is 0 Å². The monoisotopic (exact) mass is 312 g/mol. The molecule has 7 heteroatoms. The number of methoxy groups -OCH3 is 1. The van der Waals surface area contributed by atoms with Gasteiger partial charge in [-0.05, 0) is 24.3 Å². The van der Waals surface area contributed by atoms with Gasteiger partial charge in [0.2, 0.25) is 0 Å². The smallest absolute Gasteiger partial charge is 0.259 e. The van der Waals surface area contributed by atoms with Crippen molar-refractivity contribution in [3.8, 4) is 5.75 Å². The van der Waals surface area contributed by atoms with Gasteiger partial charge >= 0.3 is 0 Å². The van der Waals surface area contributed by atoms with E-state index in [9.17, 15) is 13.6 Å². The van der Waals surface area contributed by atoms with Crippen LogP contribution < -0.4 is 15.8 Å². The average molecular weight is 313 g/mol. The summed E-state index contributed by atoms with van der Waals surface area (Å²) in [7, 11) is 1.38. The van der Waals surface area contributed by atoms with Crippen molar-refractivity contribution >= 4 is 28.9 Å². The molecular formula is C14H11ClF2N2O2. The summed E-state index contributed by atoms with van der Waals surface area (Å²) in [5.74, 6) is -2.22. The minimum atomic E-state index is -0.976. The second-order valence-corrected chi connectivity index (χ2v) is 4.57. The Morgan fingerprint density at radius 2 is 2.00 bits per heavy atom. The van der Waals surface area contributed by atoms with Crippen molar-refractivity contribution in [2.75, 3.05) is 18.2 Å². The van der Waals surface area contributed by atoms with Crippen LogP contribution in [0.4, 0.5) is 20.2 Å². The summed E-state index contributed by atoms with van der Waals surface area (Å²) in [5.41, 5.74) is 5.74. The lowest BCUT2D eigenvalue weighted by atomic mass is 10.1. The zero-order chi connectivity index (χ0) is 15.6. The molecule has 4 nitrogen and oxygen atoms in total. The standard InChI is InChI=1S/C14H11ClF2N2O2/c1-21-12-3-2-8(18)6-9(12)14(20)19-13-10(15)4-7(16)5-11(13)17/h2-6H,18H2,1H3,(H,19,20). The highest BCUT2D eigenvalue weighted by Gasteiger charge is 2.17. The predicted molar refractivity (Wildman–Crippen MR) is 76.7 cm³/mol. The number of hydrogen-bond acceptors (Lipinski definition) is 3. The van der Waals surface area contributed by atoms with Crippen molar-refractivity contribution in [2.24, 2.45) is 0 Å². The van der Waals surface area contributed by atoms with E-state index in [1.165, 1.54) is 19.2 Å². The number of rotatable bonds is 3. The lowest BCUT2D eigenvalue weighted by Gasteiger charge is -2.11. The Labute approximate surface area is 124 Å². The molecule has 0 saturated carbocycles. The molecule has 21 heavy (non-hydrogen) atoms. The second-order valence-electron chi connectivity index (χ2n) is 4.16. The summed E-state index contributed by atoms with van der Waals surface area (Å²) in [6, 6.07) is 5.96. The maximum Gasteiger partial charge on any atom is 0.259 e. The first kappa shape index (κ1) is 15.1. The molecule has 0 atom stereocenters. The Bertz CT molecular complexity index is 684. The number of ether oxygens (including phenoxy) is 1. The van der Waals surface area contributed by atoms with Crippen LogP contribution >= 0.6 is 11.6 Å². The third-order valence-corrected chi connectivity index (χ3v) is 3.01. The fraction of sp³-hybridized carbons (Fsp3) is 0.0714. The van der Waals surface area contributed by atoms with Crippen LogP contribution in [-0.4, -0.2) is 13.0 Å². The summed E-state index contributed by atoms with van der Waals surface area (Å²) in [4.78, 5) is 12.2. The number of halogens is 3. The Balaban J connectivity index is 2.37. The van der Waals surface area contributed by atoms with E-state index in [1.54, 1.807) is 6.07 Å². The molecule has 0 bridgehead atoms. The quantitative estimate of drug-likeness (QED) is 0.853. The van der Waals surface area contributed by atoms with Crippen LogP contribution in [0.1, 0.15) is 10.4 Å². The summed E-state index contributed by atoms with van der Waals surface area (Å²) >= 11 is 5.72. The topological polar surface area (TPSA) is 64.3 Å². The van der Waals surface area contributed by atoms with Gasteiger partial charge in [0.15, 0.2) is 5.82 Å². The number of carbonyl (C=O) groups is 1. The van der Waals surface area contributed by atoms with Gasteiger partial charge in [-0.25, -0.2) is 8.78 Å². The third-order valence-electron chi connectivity index (χ3n) is 2.71. The van der Waals surface area contributed by atoms with Crippen molar-refractivity contribution in [2.45, 2.75) is 0 Å². The highest BCUT2D eigenvalue weighted by atomic mass is 35.5. The van der Waals surface area contributed by atoms with E-state index in [0.29, 0.717) is 11.8 Å². The van der Waals surface area contributed by atoms with Gasteiger partial charge in [0.1, 0.15) is 11.6 Å². The fourth-order valence-corrected chi connectivity index (χ4v) is 1.99. The molecule has 3 N–H and O–H groups in total. The molecule has 2 aromatic carbocycles. The number of benzene rings is 2. The summed E-state index contributed by atoms with van der Waals surface area (Å²) in [6.45, 7) is 0. The van der Waals surface area contributed by atoms with Crippen LogP contribution in [0.15, 0.2) is 30.3 Å². The maximum absolute atomic E-state index is 13.7. The van der Waals surface area contributed by atoms with Crippen molar-refractivity contribution in [1.82, 2.24) is 0 Å². The first-order valence-electron chi connectivity index (χ1n) is 5.81. The van der Waals surface area contributed by atoms with Gasteiger partial charge in [0.05, 0.1) is 23.4 Å². The summed E-state index contributed by atoms with van der Waals surface area (Å²) in [5, 5.41) is 2.03. The second kappa shape index (κ2) is 5.97. The van der Waals surface area contributed by atoms with Crippen LogP contribution in [0.3, 0.4) is 0 Å². The van der Waals surface area contributed by atoms with E-state index in [2.05, 4.69) is 5.32 Å². The molecule has 110 valence electrons. The number of carbonyl (C=O) groups excluding carboxylic acids is 1. The van der Waals surface area contributed by atoms with E-state index in [-0.39, 0.29) is 22.0 Å². The van der Waals surface area contributed by atoms with Crippen molar-refractivity contribution in [3.05, 3.63) is 52.6 Å². The molecule has 0 aliphatic rings. The lowest BCUT2D eigenvalue weighted by Crippen LogP contribution is -2.15. The van der Waals surface area contributed by atoms with Crippen molar-refractivity contribution in [1.29, 1.82) is 0 Å². The van der Waals surface area contributed by atoms with Crippen molar-refractivity contribution in [3.63, 3.8) is 0 Å². The Hall–Kier alpha value is -2.34. The van der Waals surface area contributed by atoms with Gasteiger partial charge in [0, 0.05) is 11.8 Å². The largest absolute Gasteiger partial charge is 0.496 e. The zero-order valence-electron chi connectivity index (χ0n) is 10.9. The Morgan fingerprint density at radius 3 is 2.62 bits per heavy atom. The van der Waals surface area contributed by atoms with Gasteiger partial charge in [-0.15, -0.1) is 0 Å². The molecule has 0 spiro atoms. The van der Waals surface area contributed by atoms with E-state index < -0.39 is 17.5 Å². The van der Waals surface area contributed by atoms with Gasteiger partial charge in [-0.3, -0.25) is 4.79 Å². The highest BCUT2D eigenvalue weighted by Crippen LogP contribution is 2.28. The SMILES string of the molecule is COc1ccc(N)cc1C(=O)Nc1c(F)cc(F)cc1Cl. The molecule has 2 rings (SSSR count). The molecule has 0 radical (unpaired) electrons. The molecule has 1 amide bonds. The molecule has 0 fully saturated rings. The summed E-state index contributed by atoms with van der Waals surface area (Å²) in [6.07, 6.45) is 0. The normalized spacial score (nSPS) is 10.3. The number of nitrogens with one attached hydrogen (secondary N) is 1. The van der Waals surface area contributed by atoms with Gasteiger partial charge in [-0.1, -0.05) is 11.6 Å². The molecule has 0 unspecified atom stereocenters. The zero-order valence-corrected chi connectivity index (χ0v) is 11.7. The minimum Gasteiger partial charge on any atom is -0.496 e. The van der Waals surface area contributed by atoms with Crippen LogP contribution in [0.25, 0.3) is 0 Å². The van der Waals surface area contributed by atoms with Gasteiger partial charge in [-0.2, -0.15) is 0 Å². The first-order chi connectivity index (χ1) is 9.92. The van der Waals surface area contributed by atoms with E-state index in [4.69, 9.17) is 22.1 Å². The molecule has 2 aromatic rings. The molecular weight excluding hydrogens is 302 g/mol. The van der Waals surface area contributed by atoms with Gasteiger partial charge < -0.3 is 15.8 Å². The fourth-order valence-electron chi connectivity index (χ4n) is 1.75. The predicted octanol–water partition coefficient (Wildman–Crippen LogP) is 3.46. The summed E-state index contributed by atoms with van der Waals surface area (Å²) < 4.78 is 31.7. The van der Waals surface area contributed by atoms with Crippen molar-refractivity contribution < 1.29 is 18.3 Å². The number of amides is 1. The highest BCUT2D eigenvalue weighted by molar-refractivity contribution is 6.34. The molecule has 0 heterocycles. The first-order valence-corrected chi connectivity index (χ1v) is 6.19. The average Bonchev–Trinajstić information content (AvgIpc) is 2.42. The number of anilines is 2. The Kier molecular flexibility index (Phi) is 4.28. The maximum atomic E-state index is 13.7. The lowest BCUT2D eigenvalue weighted by molar-refractivity contribution is 0.102. The van der Waals surface area contributed by atoms with E-state index >= 15 is 0 Å². The van der Waals surface area contributed by atoms with Crippen LogP contribution in [0.2, 0.25) is 5.02 Å². The molecule has 0 saturated heterocycles. The third kappa shape index (κ3) is 3.22. The molecule has 0 aliphatic carbocycles. The van der Waals surface area contributed by atoms with E-state index in [0.717, 1.165) is 6.07 Å². The minimum absolute atomic E-state index is 0.109. The number of nitrogen functional groups attached to an aromatic ring is 1. The van der Waals surface area contributed by atoms with Crippen LogP contribution in [-0.2, 0) is 0 Å². The van der Waals surface area contributed by atoms with Crippen LogP contribution in [0, 0.1) is 11.6 Å². The number of nitrogens with two attached hydrogens (primary N) is 1. The molecule has 0 aromatic heterocycles. The number of hydrogen-bond donors (Lipinski definition) is 2. The van der Waals surface area contributed by atoms with Crippen LogP contribution in [0.5, 0.6) is 5.75 Å². The van der Waals surface area contributed by atoms with Gasteiger partial charge in [0.25, 0.3) is 5.91 Å². The molecule has 0 aliphatic heterocycles. The Morgan fingerprint density at radius 1 is 1.29 bits per heavy atom.